The van der Waals surface area contributed by atoms with Crippen LogP contribution in [0.4, 0.5) is 0 Å². The third kappa shape index (κ3) is 60.2. The van der Waals surface area contributed by atoms with Crippen molar-refractivity contribution in [1.29, 1.82) is 0 Å². The van der Waals surface area contributed by atoms with Crippen LogP contribution in [0.3, 0.4) is 0 Å². The van der Waals surface area contributed by atoms with Gasteiger partial charge in [0.25, 0.3) is 7.82 Å². The van der Waals surface area contributed by atoms with Crippen molar-refractivity contribution in [2.45, 2.75) is 341 Å². The van der Waals surface area contributed by atoms with Crippen LogP contribution in [0.15, 0.2) is 36.5 Å². The van der Waals surface area contributed by atoms with Gasteiger partial charge in [0.2, 0.25) is 5.91 Å². The van der Waals surface area contributed by atoms with E-state index in [4.69, 9.17) is 9.05 Å². The number of unbranched alkanes of at least 4 members (excludes halogenated alkanes) is 44. The molecule has 3 atom stereocenters. The summed E-state index contributed by atoms with van der Waals surface area (Å²) in [5.41, 5.74) is 0. The van der Waals surface area contributed by atoms with E-state index in [9.17, 15) is 19.4 Å². The molecule has 0 aliphatic carbocycles. The molecule has 3 unspecified atom stereocenters. The second kappa shape index (κ2) is 57.4. The molecule has 0 fully saturated rings. The zero-order chi connectivity index (χ0) is 54.9. The second-order valence-corrected chi connectivity index (χ2v) is 25.2. The number of aliphatic hydroxyl groups excluding tert-OH is 1. The fourth-order valence-electron chi connectivity index (χ4n) is 9.93. The van der Waals surface area contributed by atoms with Crippen molar-refractivity contribution in [3.8, 4) is 0 Å². The van der Waals surface area contributed by atoms with Gasteiger partial charge in [-0.3, -0.25) is 9.36 Å². The van der Waals surface area contributed by atoms with Crippen LogP contribution in [0.1, 0.15) is 328 Å². The Morgan fingerprint density at radius 2 is 0.747 bits per heavy atom. The molecule has 8 nitrogen and oxygen atoms in total. The Kier molecular flexibility index (Phi) is 56.4. The summed E-state index contributed by atoms with van der Waals surface area (Å²) in [4.78, 5) is 25.6. The number of allylic oxidation sites excluding steroid dienone is 5. The molecular formula is C66H129N2O6P. The van der Waals surface area contributed by atoms with Gasteiger partial charge < -0.3 is 28.8 Å². The number of quaternary nitrogens is 1. The Balaban J connectivity index is 4.10. The number of nitrogens with zero attached hydrogens (tertiary/aromatic N) is 1. The van der Waals surface area contributed by atoms with Gasteiger partial charge in [-0.2, -0.15) is 0 Å². The topological polar surface area (TPSA) is 108 Å². The first-order chi connectivity index (χ1) is 36.5. The lowest BCUT2D eigenvalue weighted by molar-refractivity contribution is -0.870. The highest BCUT2D eigenvalue weighted by atomic mass is 31.2. The number of amides is 1. The Bertz CT molecular complexity index is 1320. The Morgan fingerprint density at radius 1 is 0.453 bits per heavy atom. The van der Waals surface area contributed by atoms with Crippen molar-refractivity contribution in [1.82, 2.24) is 5.32 Å². The summed E-state index contributed by atoms with van der Waals surface area (Å²) in [6.07, 6.45) is 75.4. The molecule has 0 aromatic rings. The first kappa shape index (κ1) is 73.7. The van der Waals surface area contributed by atoms with E-state index < -0.39 is 20.0 Å². The number of likely N-dealkylation sites (N-methyl/N-ethyl adjacent to an activating group) is 1. The molecule has 0 aliphatic heterocycles. The van der Waals surface area contributed by atoms with Gasteiger partial charge in [0.15, 0.2) is 0 Å². The minimum absolute atomic E-state index is 0.00494. The number of carbonyl (C=O) groups excluding carboxylic acids is 1. The lowest BCUT2D eigenvalue weighted by atomic mass is 10.0. The largest absolute Gasteiger partial charge is 0.756 e. The average molecular weight is 1080 g/mol. The minimum atomic E-state index is -4.61. The quantitative estimate of drug-likeness (QED) is 0.0272. The summed E-state index contributed by atoms with van der Waals surface area (Å²) >= 11 is 0. The molecule has 2 N–H and O–H groups in total. The normalized spacial score (nSPS) is 14.0. The summed E-state index contributed by atoms with van der Waals surface area (Å²) in [6, 6.07) is -0.903. The first-order valence-corrected chi connectivity index (χ1v) is 34.3. The highest BCUT2D eigenvalue weighted by Crippen LogP contribution is 2.38. The maximum Gasteiger partial charge on any atom is 0.268 e. The third-order valence-electron chi connectivity index (χ3n) is 15.1. The van der Waals surface area contributed by atoms with Crippen LogP contribution < -0.4 is 10.2 Å². The van der Waals surface area contributed by atoms with Crippen molar-refractivity contribution >= 4 is 13.7 Å². The molecule has 0 spiro atoms. The lowest BCUT2D eigenvalue weighted by Crippen LogP contribution is -2.45. The molecule has 444 valence electrons. The van der Waals surface area contributed by atoms with Gasteiger partial charge >= 0.3 is 0 Å². The van der Waals surface area contributed by atoms with Crippen LogP contribution in [0, 0.1) is 0 Å². The second-order valence-electron chi connectivity index (χ2n) is 23.8. The van der Waals surface area contributed by atoms with E-state index >= 15 is 0 Å². The number of phosphoric acid groups is 1. The molecule has 0 rings (SSSR count). The van der Waals surface area contributed by atoms with Gasteiger partial charge in [0, 0.05) is 6.42 Å². The van der Waals surface area contributed by atoms with Crippen molar-refractivity contribution in [3.63, 3.8) is 0 Å². The van der Waals surface area contributed by atoms with Crippen LogP contribution in [0.2, 0.25) is 0 Å². The van der Waals surface area contributed by atoms with Gasteiger partial charge in [-0.1, -0.05) is 301 Å². The summed E-state index contributed by atoms with van der Waals surface area (Å²) in [5, 5.41) is 13.9. The van der Waals surface area contributed by atoms with Crippen molar-refractivity contribution in [2.24, 2.45) is 0 Å². The minimum Gasteiger partial charge on any atom is -0.756 e. The summed E-state index contributed by atoms with van der Waals surface area (Å²) < 4.78 is 23.4. The molecule has 0 aliphatic rings. The Labute approximate surface area is 467 Å². The van der Waals surface area contributed by atoms with E-state index in [2.05, 4.69) is 43.5 Å². The molecule has 0 aromatic heterocycles. The molecule has 9 heteroatoms. The number of hydrogen-bond donors (Lipinski definition) is 2. The summed E-state index contributed by atoms with van der Waals surface area (Å²) in [6.45, 7) is 4.68. The smallest absolute Gasteiger partial charge is 0.268 e. The maximum atomic E-state index is 13.0. The van der Waals surface area contributed by atoms with E-state index in [-0.39, 0.29) is 19.1 Å². The standard InChI is InChI=1S/C66H129N2O6P/c1-6-8-10-12-14-16-18-20-22-24-26-28-30-31-32-33-34-35-36-37-38-40-42-44-46-48-50-52-54-56-58-60-66(70)67-64(63-74-75(71,72)73-62-61-68(3,4)5)65(69)59-57-55-53-51-49-47-45-43-41-39-29-27-25-23-21-19-17-15-13-11-9-7-2/h31-32,49,51,57,59,64-65,69H,6-30,33-48,50,52-56,58,60-63H2,1-5H3,(H-,67,70,71,72)/b32-31-,51-49+,59-57+. The SMILES string of the molecule is CCCCCCCCCCCCCC/C=C\CCCCCCCCCCCCCCCCCC(=O)NC(COP(=O)([O-])OCC[N+](C)(C)C)C(O)/C=C/CC/C=C/CCCCCCCCCCCCCCCCCC. The number of rotatable bonds is 61. The monoisotopic (exact) mass is 1080 g/mol. The predicted octanol–water partition coefficient (Wildman–Crippen LogP) is 19.9. The van der Waals surface area contributed by atoms with Crippen molar-refractivity contribution < 1.29 is 32.9 Å². The van der Waals surface area contributed by atoms with Crippen LogP contribution in [0.25, 0.3) is 0 Å². The molecule has 0 saturated carbocycles. The molecule has 0 aromatic carbocycles. The molecule has 1 amide bonds. The van der Waals surface area contributed by atoms with Crippen LogP contribution in [-0.4, -0.2) is 68.5 Å². The van der Waals surface area contributed by atoms with Crippen molar-refractivity contribution in [3.05, 3.63) is 36.5 Å². The highest BCUT2D eigenvalue weighted by molar-refractivity contribution is 7.45. The summed E-state index contributed by atoms with van der Waals surface area (Å²) in [7, 11) is 1.26. The van der Waals surface area contributed by atoms with Gasteiger partial charge in [-0.05, 0) is 57.8 Å². The number of nitrogens with one attached hydrogen (secondary N) is 1. The third-order valence-corrected chi connectivity index (χ3v) is 16.0. The zero-order valence-corrected chi connectivity index (χ0v) is 51.7. The van der Waals surface area contributed by atoms with Gasteiger partial charge in [-0.25, -0.2) is 0 Å². The van der Waals surface area contributed by atoms with E-state index in [1.54, 1.807) is 6.08 Å². The highest BCUT2D eigenvalue weighted by Gasteiger charge is 2.23. The molecule has 0 radical (unpaired) electrons. The maximum absolute atomic E-state index is 13.0. The van der Waals surface area contributed by atoms with E-state index in [1.165, 1.54) is 270 Å². The zero-order valence-electron chi connectivity index (χ0n) is 50.8. The number of carbonyl (C=O) groups is 1. The number of hydrogen-bond acceptors (Lipinski definition) is 6. The van der Waals surface area contributed by atoms with Crippen molar-refractivity contribution in [2.75, 3.05) is 40.9 Å². The van der Waals surface area contributed by atoms with Crippen LogP contribution >= 0.6 is 7.82 Å². The van der Waals surface area contributed by atoms with Gasteiger partial charge in [0.05, 0.1) is 39.9 Å². The van der Waals surface area contributed by atoms with Crippen LogP contribution in [0.5, 0.6) is 0 Å². The van der Waals surface area contributed by atoms with E-state index in [0.29, 0.717) is 17.4 Å². The number of phosphoric ester groups is 1. The molecular weight excluding hydrogens is 948 g/mol. The lowest BCUT2D eigenvalue weighted by Gasteiger charge is -2.29. The summed E-state index contributed by atoms with van der Waals surface area (Å²) in [5.74, 6) is -0.202. The first-order valence-electron chi connectivity index (χ1n) is 32.9. The van der Waals surface area contributed by atoms with Gasteiger partial charge in [0.1, 0.15) is 13.2 Å². The average Bonchev–Trinajstić information content (AvgIpc) is 3.37. The fourth-order valence-corrected chi connectivity index (χ4v) is 10.7. The predicted molar refractivity (Wildman–Crippen MR) is 325 cm³/mol. The Hall–Kier alpha value is -1.28. The van der Waals surface area contributed by atoms with Crippen LogP contribution in [-0.2, 0) is 18.4 Å². The molecule has 0 saturated heterocycles. The molecule has 75 heavy (non-hydrogen) atoms. The van der Waals surface area contributed by atoms with E-state index in [0.717, 1.165) is 38.5 Å². The molecule has 0 bridgehead atoms. The molecule has 0 heterocycles. The number of aliphatic hydroxyl groups is 1. The van der Waals surface area contributed by atoms with Gasteiger partial charge in [-0.15, -0.1) is 0 Å². The Morgan fingerprint density at radius 3 is 1.08 bits per heavy atom. The fraction of sp³-hybridized carbons (Fsp3) is 0.894. The van der Waals surface area contributed by atoms with E-state index in [1.807, 2.05) is 27.2 Å².